The minimum Gasteiger partial charge on any atom is -0.450 e. The fourth-order valence-electron chi connectivity index (χ4n) is 3.58. The first-order valence-electron chi connectivity index (χ1n) is 9.43. The topological polar surface area (TPSA) is 62.6 Å². The van der Waals surface area contributed by atoms with Crippen molar-refractivity contribution in [2.45, 2.75) is 25.3 Å². The highest BCUT2D eigenvalue weighted by Crippen LogP contribution is 2.27. The summed E-state index contributed by atoms with van der Waals surface area (Å²) in [5.41, 5.74) is 1.63. The summed E-state index contributed by atoms with van der Waals surface area (Å²) in [6.07, 6.45) is 2.47. The zero-order valence-corrected chi connectivity index (χ0v) is 16.9. The molecule has 1 aromatic heterocycles. The fourth-order valence-corrected chi connectivity index (χ4v) is 4.04. The molecule has 2 amide bonds. The molecule has 1 fully saturated rings. The van der Waals surface area contributed by atoms with E-state index in [9.17, 15) is 9.59 Å². The van der Waals surface area contributed by atoms with Crippen LogP contribution in [0.4, 0.5) is 0 Å². The molecule has 0 saturated carbocycles. The van der Waals surface area contributed by atoms with E-state index in [0.29, 0.717) is 12.0 Å². The smallest absolute Gasteiger partial charge is 0.287 e. The first-order valence-corrected chi connectivity index (χ1v) is 10.2. The molecule has 0 radical (unpaired) electrons. The number of likely N-dealkylation sites (tertiary alicyclic amines) is 1. The molecule has 1 saturated heterocycles. The van der Waals surface area contributed by atoms with Crippen molar-refractivity contribution in [3.63, 3.8) is 0 Å². The first-order chi connectivity index (χ1) is 13.6. The molecule has 0 aliphatic carbocycles. The van der Waals surface area contributed by atoms with Crippen molar-refractivity contribution in [1.29, 1.82) is 0 Å². The fraction of sp³-hybridized carbons (Fsp3) is 0.273. The van der Waals surface area contributed by atoms with Gasteiger partial charge in [-0.1, -0.05) is 42.5 Å². The van der Waals surface area contributed by atoms with Crippen LogP contribution in [-0.2, 0) is 11.2 Å². The first kappa shape index (κ1) is 18.7. The van der Waals surface area contributed by atoms with Crippen LogP contribution < -0.4 is 5.32 Å². The SMILES string of the molecule is O=C(NC(Cc1ccccc1)C(=O)N1CCCC1)c1cc2cccc(Br)c2o1. The lowest BCUT2D eigenvalue weighted by molar-refractivity contribution is -0.132. The number of amides is 2. The highest BCUT2D eigenvalue weighted by molar-refractivity contribution is 9.10. The number of carbonyl (C=O) groups excluding carboxylic acids is 2. The largest absolute Gasteiger partial charge is 0.450 e. The standard InChI is InChI=1S/C22H21BrN2O3/c23-17-10-6-9-16-14-19(28-20(16)17)21(26)24-18(13-15-7-2-1-3-8-15)22(27)25-11-4-5-12-25/h1-3,6-10,14,18H,4-5,11-13H2,(H,24,26). The minimum atomic E-state index is -0.621. The molecule has 6 heteroatoms. The number of nitrogens with one attached hydrogen (secondary N) is 1. The molecule has 4 rings (SSSR count). The molecule has 3 aromatic rings. The number of fused-ring (bicyclic) bond motifs is 1. The van der Waals surface area contributed by atoms with Gasteiger partial charge in [0.2, 0.25) is 5.91 Å². The summed E-state index contributed by atoms with van der Waals surface area (Å²) in [6.45, 7) is 1.50. The number of hydrogen-bond donors (Lipinski definition) is 1. The number of benzene rings is 2. The van der Waals surface area contributed by atoms with Crippen LogP contribution in [-0.4, -0.2) is 35.8 Å². The van der Waals surface area contributed by atoms with E-state index in [1.165, 1.54) is 0 Å². The molecular formula is C22H21BrN2O3. The van der Waals surface area contributed by atoms with Crippen LogP contribution in [0, 0.1) is 0 Å². The quantitative estimate of drug-likeness (QED) is 0.647. The number of furan rings is 1. The Balaban J connectivity index is 1.57. The number of nitrogens with zero attached hydrogens (tertiary/aromatic N) is 1. The van der Waals surface area contributed by atoms with Crippen LogP contribution in [0.25, 0.3) is 11.0 Å². The maximum atomic E-state index is 13.0. The highest BCUT2D eigenvalue weighted by atomic mass is 79.9. The van der Waals surface area contributed by atoms with Crippen molar-refractivity contribution in [3.05, 3.63) is 70.4 Å². The average Bonchev–Trinajstić information content (AvgIpc) is 3.38. The molecular weight excluding hydrogens is 420 g/mol. The molecule has 0 bridgehead atoms. The van der Waals surface area contributed by atoms with Crippen molar-refractivity contribution in [3.8, 4) is 0 Å². The number of halogens is 1. The summed E-state index contributed by atoms with van der Waals surface area (Å²) >= 11 is 3.44. The summed E-state index contributed by atoms with van der Waals surface area (Å²) in [5, 5.41) is 3.74. The monoisotopic (exact) mass is 440 g/mol. The van der Waals surface area contributed by atoms with Crippen LogP contribution in [0.2, 0.25) is 0 Å². The van der Waals surface area contributed by atoms with Crippen LogP contribution in [0.1, 0.15) is 29.0 Å². The van der Waals surface area contributed by atoms with E-state index in [2.05, 4.69) is 21.2 Å². The van der Waals surface area contributed by atoms with Crippen molar-refractivity contribution in [2.75, 3.05) is 13.1 Å². The van der Waals surface area contributed by atoms with Gasteiger partial charge in [0.15, 0.2) is 5.76 Å². The Morgan fingerprint density at radius 2 is 1.82 bits per heavy atom. The number of carbonyl (C=O) groups is 2. The van der Waals surface area contributed by atoms with E-state index in [0.717, 1.165) is 41.4 Å². The maximum absolute atomic E-state index is 13.0. The number of hydrogen-bond acceptors (Lipinski definition) is 3. The minimum absolute atomic E-state index is 0.0352. The zero-order chi connectivity index (χ0) is 19.5. The lowest BCUT2D eigenvalue weighted by atomic mass is 10.0. The van der Waals surface area contributed by atoms with Gasteiger partial charge in [0, 0.05) is 24.9 Å². The van der Waals surface area contributed by atoms with Crippen LogP contribution in [0.5, 0.6) is 0 Å². The Hall–Kier alpha value is -2.60. The van der Waals surface area contributed by atoms with Gasteiger partial charge in [0.05, 0.1) is 4.47 Å². The summed E-state index contributed by atoms with van der Waals surface area (Å²) in [7, 11) is 0. The molecule has 1 aliphatic rings. The predicted molar refractivity (Wildman–Crippen MR) is 111 cm³/mol. The normalized spacial score (nSPS) is 15.0. The van der Waals surface area contributed by atoms with Gasteiger partial charge in [-0.2, -0.15) is 0 Å². The Morgan fingerprint density at radius 1 is 1.07 bits per heavy atom. The Bertz CT molecular complexity index is 993. The maximum Gasteiger partial charge on any atom is 0.287 e. The third kappa shape index (κ3) is 3.97. The molecule has 1 unspecified atom stereocenters. The van der Waals surface area contributed by atoms with Crippen molar-refractivity contribution in [1.82, 2.24) is 10.2 Å². The molecule has 5 nitrogen and oxygen atoms in total. The predicted octanol–water partition coefficient (Wildman–Crippen LogP) is 4.16. The van der Waals surface area contributed by atoms with Crippen LogP contribution >= 0.6 is 15.9 Å². The molecule has 144 valence electrons. The molecule has 0 spiro atoms. The molecule has 2 aromatic carbocycles. The zero-order valence-electron chi connectivity index (χ0n) is 15.4. The van der Waals surface area contributed by atoms with E-state index < -0.39 is 6.04 Å². The second-order valence-corrected chi connectivity index (χ2v) is 7.87. The second-order valence-electron chi connectivity index (χ2n) is 7.02. The summed E-state index contributed by atoms with van der Waals surface area (Å²) in [5.74, 6) is -0.210. The number of para-hydroxylation sites is 1. The second kappa shape index (κ2) is 8.19. The summed E-state index contributed by atoms with van der Waals surface area (Å²) < 4.78 is 6.52. The lowest BCUT2D eigenvalue weighted by Gasteiger charge is -2.24. The highest BCUT2D eigenvalue weighted by Gasteiger charge is 2.29. The van der Waals surface area contributed by atoms with Crippen LogP contribution in [0.3, 0.4) is 0 Å². The van der Waals surface area contributed by atoms with E-state index in [4.69, 9.17) is 4.42 Å². The third-order valence-corrected chi connectivity index (χ3v) is 5.65. The Kier molecular flexibility index (Phi) is 5.48. The molecule has 1 atom stereocenters. The van der Waals surface area contributed by atoms with E-state index in [1.807, 2.05) is 53.4 Å². The van der Waals surface area contributed by atoms with Gasteiger partial charge in [-0.15, -0.1) is 0 Å². The van der Waals surface area contributed by atoms with E-state index in [1.54, 1.807) is 6.07 Å². The van der Waals surface area contributed by atoms with Crippen molar-refractivity contribution in [2.24, 2.45) is 0 Å². The van der Waals surface area contributed by atoms with Gasteiger partial charge >= 0.3 is 0 Å². The van der Waals surface area contributed by atoms with Gasteiger partial charge in [0.1, 0.15) is 11.6 Å². The lowest BCUT2D eigenvalue weighted by Crippen LogP contribution is -2.48. The van der Waals surface area contributed by atoms with Gasteiger partial charge in [-0.25, -0.2) is 0 Å². The molecule has 1 N–H and O–H groups in total. The molecule has 28 heavy (non-hydrogen) atoms. The number of rotatable bonds is 5. The molecule has 2 heterocycles. The van der Waals surface area contributed by atoms with E-state index in [-0.39, 0.29) is 17.6 Å². The van der Waals surface area contributed by atoms with Gasteiger partial charge in [-0.05, 0) is 46.5 Å². The van der Waals surface area contributed by atoms with Gasteiger partial charge in [-0.3, -0.25) is 9.59 Å². The average molecular weight is 441 g/mol. The van der Waals surface area contributed by atoms with Gasteiger partial charge in [0.25, 0.3) is 5.91 Å². The van der Waals surface area contributed by atoms with Crippen molar-refractivity contribution < 1.29 is 14.0 Å². The summed E-state index contributed by atoms with van der Waals surface area (Å²) in [4.78, 5) is 27.7. The van der Waals surface area contributed by atoms with E-state index >= 15 is 0 Å². The third-order valence-electron chi connectivity index (χ3n) is 5.02. The Labute approximate surface area is 171 Å². The molecule has 1 aliphatic heterocycles. The van der Waals surface area contributed by atoms with Gasteiger partial charge < -0.3 is 14.6 Å². The Morgan fingerprint density at radius 3 is 2.54 bits per heavy atom. The summed E-state index contributed by atoms with van der Waals surface area (Å²) in [6, 6.07) is 16.5. The van der Waals surface area contributed by atoms with Crippen LogP contribution in [0.15, 0.2) is 63.5 Å². The van der Waals surface area contributed by atoms with Crippen molar-refractivity contribution >= 4 is 38.7 Å².